The zero-order valence-corrected chi connectivity index (χ0v) is 19.1. The standard InChI is InChI=1S/C19H38N2O3.Na/c1-4-5-6-7-8-9-10-11-12-14-18(22)20-15-13-16-21(2,3)17-19(23)24;/h4-17H2,1-3H3,(H-,20,22,23,24);/q;+1. The van der Waals surface area contributed by atoms with Crippen molar-refractivity contribution < 1.29 is 48.7 Å². The van der Waals surface area contributed by atoms with Gasteiger partial charge in [-0.25, -0.2) is 0 Å². The van der Waals surface area contributed by atoms with Crippen molar-refractivity contribution in [2.75, 3.05) is 33.7 Å². The molecular weight excluding hydrogens is 327 g/mol. The smallest absolute Gasteiger partial charge is 0.544 e. The third-order valence-electron chi connectivity index (χ3n) is 4.33. The van der Waals surface area contributed by atoms with E-state index in [1.807, 2.05) is 14.1 Å². The fourth-order valence-electron chi connectivity index (χ4n) is 2.85. The molecule has 0 spiro atoms. The van der Waals surface area contributed by atoms with Gasteiger partial charge in [-0.1, -0.05) is 58.3 Å². The Bertz CT molecular complexity index is 350. The molecule has 1 amide bonds. The van der Waals surface area contributed by atoms with Gasteiger partial charge in [0, 0.05) is 19.4 Å². The molecule has 0 heterocycles. The van der Waals surface area contributed by atoms with Crippen LogP contribution in [0.2, 0.25) is 0 Å². The van der Waals surface area contributed by atoms with E-state index >= 15 is 0 Å². The van der Waals surface area contributed by atoms with Gasteiger partial charge in [0.25, 0.3) is 0 Å². The number of amides is 1. The molecule has 0 aromatic rings. The molecule has 0 fully saturated rings. The summed E-state index contributed by atoms with van der Waals surface area (Å²) < 4.78 is 0.385. The Labute approximate surface area is 176 Å². The molecule has 0 radical (unpaired) electrons. The summed E-state index contributed by atoms with van der Waals surface area (Å²) in [5, 5.41) is 13.5. The van der Waals surface area contributed by atoms with E-state index in [2.05, 4.69) is 12.2 Å². The van der Waals surface area contributed by atoms with Crippen molar-refractivity contribution in [2.24, 2.45) is 0 Å². The summed E-state index contributed by atoms with van der Waals surface area (Å²) in [7, 11) is 3.72. The second-order valence-electron chi connectivity index (χ2n) is 7.47. The van der Waals surface area contributed by atoms with Crippen molar-refractivity contribution in [2.45, 2.75) is 77.6 Å². The Kier molecular flexibility index (Phi) is 18.8. The van der Waals surface area contributed by atoms with E-state index in [9.17, 15) is 14.7 Å². The van der Waals surface area contributed by atoms with Crippen molar-refractivity contribution in [1.82, 2.24) is 5.32 Å². The molecule has 0 saturated carbocycles. The van der Waals surface area contributed by atoms with Crippen LogP contribution in [-0.2, 0) is 9.59 Å². The molecule has 0 unspecified atom stereocenters. The number of carbonyl (C=O) groups is 2. The van der Waals surface area contributed by atoms with Crippen LogP contribution >= 0.6 is 0 Å². The van der Waals surface area contributed by atoms with E-state index in [1.165, 1.54) is 44.9 Å². The Hall–Kier alpha value is -0.100. The van der Waals surface area contributed by atoms with Crippen LogP contribution in [0, 0.1) is 0 Å². The minimum Gasteiger partial charge on any atom is -0.544 e. The molecule has 0 aromatic heterocycles. The fourth-order valence-corrected chi connectivity index (χ4v) is 2.85. The summed E-state index contributed by atoms with van der Waals surface area (Å²) in [4.78, 5) is 22.4. The summed E-state index contributed by atoms with van der Waals surface area (Å²) in [5.41, 5.74) is 0. The van der Waals surface area contributed by atoms with Gasteiger partial charge in [-0.05, 0) is 6.42 Å². The third kappa shape index (κ3) is 20.1. The fraction of sp³-hybridized carbons (Fsp3) is 0.895. The van der Waals surface area contributed by atoms with Crippen LogP contribution in [0.4, 0.5) is 0 Å². The molecule has 0 rings (SSSR count). The molecule has 0 bridgehead atoms. The number of rotatable bonds is 16. The molecule has 0 aliphatic rings. The number of nitrogens with zero attached hydrogens (tertiary/aromatic N) is 1. The number of likely N-dealkylation sites (N-methyl/N-ethyl adjacent to an activating group) is 1. The van der Waals surface area contributed by atoms with Crippen LogP contribution in [0.25, 0.3) is 0 Å². The Balaban J connectivity index is 0. The first-order valence-corrected chi connectivity index (χ1v) is 9.66. The molecule has 0 aromatic carbocycles. The van der Waals surface area contributed by atoms with E-state index in [0.29, 0.717) is 24.0 Å². The molecule has 0 atom stereocenters. The molecule has 0 saturated heterocycles. The van der Waals surface area contributed by atoms with Crippen molar-refractivity contribution >= 4 is 11.9 Å². The molecule has 25 heavy (non-hydrogen) atoms. The number of unbranched alkanes of at least 4 members (excludes halogenated alkanes) is 8. The molecular formula is C19H38N2NaO3+. The topological polar surface area (TPSA) is 69.2 Å². The van der Waals surface area contributed by atoms with Crippen LogP contribution < -0.4 is 40.0 Å². The zero-order chi connectivity index (χ0) is 18.3. The number of nitrogens with one attached hydrogen (secondary N) is 1. The van der Waals surface area contributed by atoms with Gasteiger partial charge in [0.1, 0.15) is 6.54 Å². The number of hydrogen-bond acceptors (Lipinski definition) is 3. The zero-order valence-electron chi connectivity index (χ0n) is 17.1. The molecule has 5 nitrogen and oxygen atoms in total. The predicted molar refractivity (Wildman–Crippen MR) is 96.3 cm³/mol. The second-order valence-corrected chi connectivity index (χ2v) is 7.47. The number of hydrogen-bond donors (Lipinski definition) is 1. The minimum atomic E-state index is -1.03. The molecule has 142 valence electrons. The van der Waals surface area contributed by atoms with Crippen molar-refractivity contribution in [1.29, 1.82) is 0 Å². The molecule has 1 N–H and O–H groups in total. The summed E-state index contributed by atoms with van der Waals surface area (Å²) in [6.45, 7) is 3.57. The maximum Gasteiger partial charge on any atom is 1.00 e. The first-order chi connectivity index (χ1) is 11.4. The number of carbonyl (C=O) groups excluding carboxylic acids is 2. The SMILES string of the molecule is CCCCCCCCCCCC(=O)NCCC[N+](C)(C)CC(=O)[O-].[Na+]. The third-order valence-corrected chi connectivity index (χ3v) is 4.33. The van der Waals surface area contributed by atoms with Gasteiger partial charge in [-0.3, -0.25) is 4.79 Å². The van der Waals surface area contributed by atoms with Gasteiger partial charge < -0.3 is 19.7 Å². The summed E-state index contributed by atoms with van der Waals surface area (Å²) in [6, 6.07) is 0. The summed E-state index contributed by atoms with van der Waals surface area (Å²) in [5.74, 6) is -0.919. The normalized spacial score (nSPS) is 11.0. The van der Waals surface area contributed by atoms with Crippen LogP contribution in [0.3, 0.4) is 0 Å². The minimum absolute atomic E-state index is 0. The predicted octanol–water partition coefficient (Wildman–Crippen LogP) is -0.756. The Morgan fingerprint density at radius 3 is 1.92 bits per heavy atom. The van der Waals surface area contributed by atoms with Crippen LogP contribution in [0.15, 0.2) is 0 Å². The first kappa shape index (κ1) is 27.1. The van der Waals surface area contributed by atoms with Gasteiger partial charge in [0.15, 0.2) is 0 Å². The number of carboxylic acid groups (broad SMARTS) is 1. The Morgan fingerprint density at radius 1 is 0.880 bits per heavy atom. The molecule has 0 aliphatic carbocycles. The van der Waals surface area contributed by atoms with Crippen molar-refractivity contribution in [3.63, 3.8) is 0 Å². The number of quaternary nitrogens is 1. The van der Waals surface area contributed by atoms with Gasteiger partial charge in [0.2, 0.25) is 5.91 Å². The van der Waals surface area contributed by atoms with Gasteiger partial charge >= 0.3 is 29.6 Å². The van der Waals surface area contributed by atoms with Gasteiger partial charge in [0.05, 0.1) is 26.6 Å². The number of aliphatic carboxylic acids is 1. The van der Waals surface area contributed by atoms with Crippen LogP contribution in [0.5, 0.6) is 0 Å². The van der Waals surface area contributed by atoms with Crippen LogP contribution in [-0.4, -0.2) is 50.1 Å². The van der Waals surface area contributed by atoms with E-state index in [0.717, 1.165) is 19.3 Å². The van der Waals surface area contributed by atoms with Crippen LogP contribution in [0.1, 0.15) is 77.6 Å². The first-order valence-electron chi connectivity index (χ1n) is 9.66. The van der Waals surface area contributed by atoms with Crippen molar-refractivity contribution in [3.8, 4) is 0 Å². The largest absolute Gasteiger partial charge is 1.00 e. The van der Waals surface area contributed by atoms with E-state index in [-0.39, 0.29) is 42.0 Å². The van der Waals surface area contributed by atoms with E-state index < -0.39 is 5.97 Å². The average Bonchev–Trinajstić information content (AvgIpc) is 2.48. The average molecular weight is 366 g/mol. The maximum atomic E-state index is 11.7. The quantitative estimate of drug-likeness (QED) is 0.222. The summed E-state index contributed by atoms with van der Waals surface area (Å²) in [6.07, 6.45) is 12.7. The Morgan fingerprint density at radius 2 is 1.40 bits per heavy atom. The molecule has 6 heteroatoms. The molecule has 0 aliphatic heterocycles. The maximum absolute atomic E-state index is 11.7. The number of carboxylic acids is 1. The van der Waals surface area contributed by atoms with Gasteiger partial charge in [-0.2, -0.15) is 0 Å². The second kappa shape index (κ2) is 17.3. The summed E-state index contributed by atoms with van der Waals surface area (Å²) >= 11 is 0. The van der Waals surface area contributed by atoms with E-state index in [1.54, 1.807) is 0 Å². The van der Waals surface area contributed by atoms with Gasteiger partial charge in [-0.15, -0.1) is 0 Å². The van der Waals surface area contributed by atoms with E-state index in [4.69, 9.17) is 0 Å². The van der Waals surface area contributed by atoms with Crippen molar-refractivity contribution in [3.05, 3.63) is 0 Å². The monoisotopic (exact) mass is 365 g/mol.